The van der Waals surface area contributed by atoms with Crippen LogP contribution in [0, 0.1) is 0 Å². The summed E-state index contributed by atoms with van der Waals surface area (Å²) in [7, 11) is 4.11. The summed E-state index contributed by atoms with van der Waals surface area (Å²) in [5.41, 5.74) is 0. The van der Waals surface area contributed by atoms with Crippen molar-refractivity contribution in [1.29, 1.82) is 0 Å². The van der Waals surface area contributed by atoms with Crippen molar-refractivity contribution >= 4 is 0 Å². The molecule has 0 heterocycles. The highest BCUT2D eigenvalue weighted by Crippen LogP contribution is 1.63. The predicted octanol–water partition coefficient (Wildman–Crippen LogP) is 0.567. The molecule has 0 saturated heterocycles. The van der Waals surface area contributed by atoms with Gasteiger partial charge in [-0.2, -0.15) is 0 Å². The molecular formula is C6H17NO. The molecule has 0 amide bonds. The van der Waals surface area contributed by atoms with Crippen LogP contribution in [0.15, 0.2) is 0 Å². The van der Waals surface area contributed by atoms with Crippen LogP contribution in [0.2, 0.25) is 0 Å². The van der Waals surface area contributed by atoms with Crippen LogP contribution in [-0.2, 0) is 0 Å². The summed E-state index contributed by atoms with van der Waals surface area (Å²) < 4.78 is 0. The molecule has 0 bridgehead atoms. The van der Waals surface area contributed by atoms with E-state index in [2.05, 4.69) is 25.9 Å². The molecule has 0 aromatic rings. The Morgan fingerprint density at radius 3 is 1.38 bits per heavy atom. The topological polar surface area (TPSA) is 23.5 Å². The number of aliphatic hydroxyl groups excluding tert-OH is 1. The van der Waals surface area contributed by atoms with Gasteiger partial charge < -0.3 is 10.0 Å². The zero-order chi connectivity index (χ0) is 6.99. The summed E-state index contributed by atoms with van der Waals surface area (Å²) in [6, 6.07) is 0. The third-order valence-corrected chi connectivity index (χ3v) is 0.632. The molecular weight excluding hydrogens is 102 g/mol. The van der Waals surface area contributed by atoms with Gasteiger partial charge in [0.25, 0.3) is 0 Å². The molecule has 0 rings (SSSR count). The Labute approximate surface area is 52.1 Å². The second-order valence-corrected chi connectivity index (χ2v) is 1.71. The molecule has 52 valence electrons. The van der Waals surface area contributed by atoms with Crippen LogP contribution in [0.3, 0.4) is 0 Å². The summed E-state index contributed by atoms with van der Waals surface area (Å²) in [6.45, 7) is 5.19. The van der Waals surface area contributed by atoms with Crippen molar-refractivity contribution in [3.63, 3.8) is 0 Å². The lowest BCUT2D eigenvalue weighted by atomic mass is 10.7. The fraction of sp³-hybridized carbons (Fsp3) is 1.00. The van der Waals surface area contributed by atoms with Crippen molar-refractivity contribution in [3.05, 3.63) is 0 Å². The largest absolute Gasteiger partial charge is 0.397 e. The van der Waals surface area contributed by atoms with Crippen molar-refractivity contribution in [1.82, 2.24) is 4.90 Å². The lowest BCUT2D eigenvalue weighted by molar-refractivity contribution is 0.318. The summed E-state index contributed by atoms with van der Waals surface area (Å²) >= 11 is 0. The summed E-state index contributed by atoms with van der Waals surface area (Å²) in [4.78, 5) is 2.12. The Morgan fingerprint density at radius 1 is 1.25 bits per heavy atom. The fourth-order valence-corrected chi connectivity index (χ4v) is 0. The second-order valence-electron chi connectivity index (χ2n) is 1.71. The first-order valence-corrected chi connectivity index (χ1v) is 2.94. The summed E-state index contributed by atoms with van der Waals surface area (Å²) in [6.07, 6.45) is 0. The van der Waals surface area contributed by atoms with Crippen molar-refractivity contribution in [2.75, 3.05) is 27.2 Å². The maximum absolute atomic E-state index is 7.57. The minimum Gasteiger partial charge on any atom is -0.397 e. The first-order chi connectivity index (χ1) is 3.68. The predicted molar refractivity (Wildman–Crippen MR) is 37.0 cm³/mol. The fourth-order valence-electron chi connectivity index (χ4n) is 0. The standard InChI is InChI=1S/C4H11N.C2H6O/c1-4-5(2)3;1-2-3/h4H2,1-3H3;3H,2H2,1H3. The molecule has 0 aliphatic heterocycles. The van der Waals surface area contributed by atoms with E-state index in [1.165, 1.54) is 0 Å². The highest BCUT2D eigenvalue weighted by Gasteiger charge is 1.72. The average molecular weight is 119 g/mol. The van der Waals surface area contributed by atoms with E-state index in [0.717, 1.165) is 6.54 Å². The Morgan fingerprint density at radius 2 is 1.38 bits per heavy atom. The van der Waals surface area contributed by atoms with Gasteiger partial charge in [-0.3, -0.25) is 0 Å². The Hall–Kier alpha value is -0.0800. The van der Waals surface area contributed by atoms with Gasteiger partial charge in [-0.25, -0.2) is 0 Å². The molecule has 0 saturated carbocycles. The third kappa shape index (κ3) is 38.9. The van der Waals surface area contributed by atoms with Crippen LogP contribution in [0.4, 0.5) is 0 Å². The molecule has 0 unspecified atom stereocenters. The maximum atomic E-state index is 7.57. The van der Waals surface area contributed by atoms with Crippen LogP contribution in [0.1, 0.15) is 13.8 Å². The second kappa shape index (κ2) is 10.0. The van der Waals surface area contributed by atoms with Gasteiger partial charge in [-0.1, -0.05) is 6.92 Å². The normalized spacial score (nSPS) is 8.25. The quantitative estimate of drug-likeness (QED) is 0.545. The number of hydrogen-bond acceptors (Lipinski definition) is 2. The average Bonchev–Trinajstić information content (AvgIpc) is 1.69. The van der Waals surface area contributed by atoms with Gasteiger partial charge in [0, 0.05) is 6.61 Å². The van der Waals surface area contributed by atoms with E-state index in [1.54, 1.807) is 6.92 Å². The van der Waals surface area contributed by atoms with E-state index in [-0.39, 0.29) is 6.61 Å². The van der Waals surface area contributed by atoms with Gasteiger partial charge in [-0.05, 0) is 27.6 Å². The molecule has 2 heteroatoms. The van der Waals surface area contributed by atoms with E-state index >= 15 is 0 Å². The van der Waals surface area contributed by atoms with Gasteiger partial charge in [0.1, 0.15) is 0 Å². The molecule has 0 spiro atoms. The van der Waals surface area contributed by atoms with Gasteiger partial charge >= 0.3 is 0 Å². The van der Waals surface area contributed by atoms with E-state index in [0.29, 0.717) is 0 Å². The Bertz CT molecular complexity index is 29.7. The number of hydrogen-bond donors (Lipinski definition) is 1. The monoisotopic (exact) mass is 119 g/mol. The molecule has 0 fully saturated rings. The zero-order valence-corrected chi connectivity index (χ0v) is 6.31. The maximum Gasteiger partial charge on any atom is 0.0402 e. The molecule has 0 radical (unpaired) electrons. The van der Waals surface area contributed by atoms with Crippen molar-refractivity contribution in [2.24, 2.45) is 0 Å². The first kappa shape index (κ1) is 10.8. The van der Waals surface area contributed by atoms with Crippen LogP contribution in [0.5, 0.6) is 0 Å². The minimum atomic E-state index is 0.250. The van der Waals surface area contributed by atoms with Crippen molar-refractivity contribution < 1.29 is 5.11 Å². The van der Waals surface area contributed by atoms with Gasteiger partial charge in [0.15, 0.2) is 0 Å². The molecule has 0 aliphatic carbocycles. The molecule has 0 aromatic heterocycles. The molecule has 0 aromatic carbocycles. The van der Waals surface area contributed by atoms with Gasteiger partial charge in [0.2, 0.25) is 0 Å². The first-order valence-electron chi connectivity index (χ1n) is 2.94. The van der Waals surface area contributed by atoms with Crippen LogP contribution < -0.4 is 0 Å². The smallest absolute Gasteiger partial charge is 0.0402 e. The number of rotatable bonds is 1. The lowest BCUT2D eigenvalue weighted by Gasteiger charge is -2.00. The summed E-state index contributed by atoms with van der Waals surface area (Å²) in [5, 5.41) is 7.57. The highest BCUT2D eigenvalue weighted by atomic mass is 16.2. The molecule has 2 nitrogen and oxygen atoms in total. The Balaban J connectivity index is 0. The van der Waals surface area contributed by atoms with Crippen molar-refractivity contribution in [3.8, 4) is 0 Å². The van der Waals surface area contributed by atoms with E-state index in [4.69, 9.17) is 5.11 Å². The van der Waals surface area contributed by atoms with E-state index in [1.807, 2.05) is 0 Å². The highest BCUT2D eigenvalue weighted by molar-refractivity contribution is 4.25. The van der Waals surface area contributed by atoms with E-state index < -0.39 is 0 Å². The van der Waals surface area contributed by atoms with Crippen LogP contribution in [-0.4, -0.2) is 37.3 Å². The lowest BCUT2D eigenvalue weighted by Crippen LogP contribution is -2.08. The molecule has 8 heavy (non-hydrogen) atoms. The van der Waals surface area contributed by atoms with Crippen LogP contribution >= 0.6 is 0 Å². The van der Waals surface area contributed by atoms with E-state index in [9.17, 15) is 0 Å². The Kier molecular flexibility index (Phi) is 13.6. The SMILES string of the molecule is CCN(C)C.CCO. The van der Waals surface area contributed by atoms with Crippen molar-refractivity contribution in [2.45, 2.75) is 13.8 Å². The van der Waals surface area contributed by atoms with Gasteiger partial charge in [-0.15, -0.1) is 0 Å². The van der Waals surface area contributed by atoms with Crippen LogP contribution in [0.25, 0.3) is 0 Å². The molecule has 0 aliphatic rings. The minimum absolute atomic E-state index is 0.250. The number of aliphatic hydroxyl groups is 1. The van der Waals surface area contributed by atoms with Gasteiger partial charge in [0.05, 0.1) is 0 Å². The number of nitrogens with zero attached hydrogens (tertiary/aromatic N) is 1. The zero-order valence-electron chi connectivity index (χ0n) is 6.31. The third-order valence-electron chi connectivity index (χ3n) is 0.632. The molecule has 0 atom stereocenters. The summed E-state index contributed by atoms with van der Waals surface area (Å²) in [5.74, 6) is 0. The molecule has 1 N–H and O–H groups in total.